The molecule has 0 saturated heterocycles. The van der Waals surface area contributed by atoms with Gasteiger partial charge < -0.3 is 0 Å². The van der Waals surface area contributed by atoms with E-state index in [0.717, 1.165) is 0 Å². The lowest BCUT2D eigenvalue weighted by molar-refractivity contribution is 0.930. The molecule has 14 heavy (non-hydrogen) atoms. The van der Waals surface area contributed by atoms with Gasteiger partial charge in [0, 0.05) is 11.8 Å². The summed E-state index contributed by atoms with van der Waals surface area (Å²) in [4.78, 5) is 0. The fourth-order valence-electron chi connectivity index (χ4n) is 2.07. The molecule has 3 rings (SSSR count). The molecule has 0 nitrogen and oxygen atoms in total. The van der Waals surface area contributed by atoms with Crippen LogP contribution in [0.3, 0.4) is 0 Å². The van der Waals surface area contributed by atoms with Gasteiger partial charge >= 0.3 is 0 Å². The summed E-state index contributed by atoms with van der Waals surface area (Å²) in [6.45, 7) is 0. The summed E-state index contributed by atoms with van der Waals surface area (Å²) in [5, 5.41) is 0. The lowest BCUT2D eigenvalue weighted by Gasteiger charge is -2.21. The standard InChI is InChI=1S/C14H12/c1-2-6-11(5-1)13-9-14(10-13)12-7-3-4-8-12/h1-12H. The van der Waals surface area contributed by atoms with Crippen molar-refractivity contribution < 1.29 is 0 Å². The highest BCUT2D eigenvalue weighted by atomic mass is 14.2. The van der Waals surface area contributed by atoms with Crippen molar-refractivity contribution in [2.45, 2.75) is 0 Å². The van der Waals surface area contributed by atoms with Crippen molar-refractivity contribution >= 4 is 0 Å². The molecule has 0 heterocycles. The third-order valence-electron chi connectivity index (χ3n) is 2.93. The smallest absolute Gasteiger partial charge is 0.0205 e. The minimum absolute atomic E-state index is 0.535. The molecule has 0 aromatic heterocycles. The van der Waals surface area contributed by atoms with Gasteiger partial charge in [0.15, 0.2) is 0 Å². The van der Waals surface area contributed by atoms with Gasteiger partial charge in [-0.25, -0.2) is 0 Å². The fraction of sp³-hybridized carbons (Fsp3) is 0.143. The highest BCUT2D eigenvalue weighted by molar-refractivity contribution is 5.53. The minimum Gasteiger partial charge on any atom is -0.0732 e. The van der Waals surface area contributed by atoms with Gasteiger partial charge in [-0.15, -0.1) is 0 Å². The van der Waals surface area contributed by atoms with Crippen LogP contribution in [0.5, 0.6) is 0 Å². The van der Waals surface area contributed by atoms with Crippen LogP contribution in [0.2, 0.25) is 0 Å². The van der Waals surface area contributed by atoms with E-state index in [-0.39, 0.29) is 0 Å². The lowest BCUT2D eigenvalue weighted by atomic mass is 9.83. The molecule has 0 heteroatoms. The summed E-state index contributed by atoms with van der Waals surface area (Å²) in [7, 11) is 0. The zero-order valence-electron chi connectivity index (χ0n) is 7.93. The summed E-state index contributed by atoms with van der Waals surface area (Å²) in [6.07, 6.45) is 22.0. The summed E-state index contributed by atoms with van der Waals surface area (Å²) >= 11 is 0. The molecule has 0 amide bonds. The van der Waals surface area contributed by atoms with Gasteiger partial charge in [-0.3, -0.25) is 0 Å². The number of allylic oxidation sites excluding steroid dienone is 12. The average molecular weight is 180 g/mol. The molecule has 0 unspecified atom stereocenters. The van der Waals surface area contributed by atoms with Crippen molar-refractivity contribution in [3.05, 3.63) is 71.9 Å². The van der Waals surface area contributed by atoms with E-state index in [4.69, 9.17) is 0 Å². The first-order valence-electron chi connectivity index (χ1n) is 5.07. The van der Waals surface area contributed by atoms with Gasteiger partial charge in [0.1, 0.15) is 0 Å². The van der Waals surface area contributed by atoms with Crippen LogP contribution in [-0.4, -0.2) is 0 Å². The maximum Gasteiger partial charge on any atom is 0.0205 e. The van der Waals surface area contributed by atoms with Crippen molar-refractivity contribution in [2.24, 2.45) is 11.8 Å². The summed E-state index contributed by atoms with van der Waals surface area (Å²) in [5.41, 5.74) is 2.89. The fourth-order valence-corrected chi connectivity index (χ4v) is 2.07. The molecule has 0 aliphatic heterocycles. The molecular formula is C14H12. The van der Waals surface area contributed by atoms with Crippen molar-refractivity contribution in [1.82, 2.24) is 0 Å². The van der Waals surface area contributed by atoms with E-state index in [2.05, 4.69) is 60.8 Å². The average Bonchev–Trinajstić information content (AvgIpc) is 2.71. The third kappa shape index (κ3) is 1.15. The maximum atomic E-state index is 2.31. The Labute approximate surface area is 84.3 Å². The van der Waals surface area contributed by atoms with Crippen LogP contribution in [0.25, 0.3) is 0 Å². The molecule has 3 aliphatic carbocycles. The van der Waals surface area contributed by atoms with E-state index < -0.39 is 0 Å². The zero-order chi connectivity index (χ0) is 9.38. The molecule has 0 spiro atoms. The molecular weight excluding hydrogens is 168 g/mol. The first-order chi connectivity index (χ1) is 6.93. The van der Waals surface area contributed by atoms with Crippen LogP contribution < -0.4 is 0 Å². The monoisotopic (exact) mass is 180 g/mol. The number of hydrogen-bond donors (Lipinski definition) is 0. The summed E-state index contributed by atoms with van der Waals surface area (Å²) in [5.74, 6) is 1.07. The molecule has 0 radical (unpaired) electrons. The molecule has 0 atom stereocenters. The van der Waals surface area contributed by atoms with Crippen LogP contribution in [0.4, 0.5) is 0 Å². The topological polar surface area (TPSA) is 0 Å². The van der Waals surface area contributed by atoms with E-state index in [1.807, 2.05) is 0 Å². The van der Waals surface area contributed by atoms with Crippen molar-refractivity contribution in [2.75, 3.05) is 0 Å². The van der Waals surface area contributed by atoms with E-state index >= 15 is 0 Å². The van der Waals surface area contributed by atoms with Crippen LogP contribution in [-0.2, 0) is 0 Å². The Morgan fingerprint density at radius 1 is 0.571 bits per heavy atom. The molecule has 0 N–H and O–H groups in total. The zero-order valence-corrected chi connectivity index (χ0v) is 7.93. The van der Waals surface area contributed by atoms with Gasteiger partial charge in [0.2, 0.25) is 0 Å². The molecule has 0 fully saturated rings. The van der Waals surface area contributed by atoms with E-state index in [1.54, 1.807) is 0 Å². The molecule has 0 saturated carbocycles. The number of rotatable bonds is 2. The predicted octanol–water partition coefficient (Wildman–Crippen LogP) is 3.34. The molecule has 0 aromatic rings. The van der Waals surface area contributed by atoms with Crippen LogP contribution in [0.1, 0.15) is 0 Å². The lowest BCUT2D eigenvalue weighted by Crippen LogP contribution is -2.07. The molecule has 3 aliphatic rings. The Kier molecular flexibility index (Phi) is 1.66. The molecule has 0 aromatic carbocycles. The van der Waals surface area contributed by atoms with Crippen LogP contribution in [0, 0.1) is 11.8 Å². The predicted molar refractivity (Wildman–Crippen MR) is 59.7 cm³/mol. The summed E-state index contributed by atoms with van der Waals surface area (Å²) in [6, 6.07) is 0. The highest BCUT2D eigenvalue weighted by Gasteiger charge is 2.19. The van der Waals surface area contributed by atoms with Gasteiger partial charge in [-0.1, -0.05) is 60.8 Å². The first kappa shape index (κ1) is 7.81. The van der Waals surface area contributed by atoms with E-state index in [9.17, 15) is 0 Å². The molecule has 0 bridgehead atoms. The normalized spacial score (nSPS) is 24.3. The first-order valence-corrected chi connectivity index (χ1v) is 5.07. The Hall–Kier alpha value is -1.56. The van der Waals surface area contributed by atoms with E-state index in [1.165, 1.54) is 11.1 Å². The second-order valence-corrected chi connectivity index (χ2v) is 3.88. The Morgan fingerprint density at radius 3 is 1.29 bits per heavy atom. The van der Waals surface area contributed by atoms with E-state index in [0.29, 0.717) is 11.8 Å². The third-order valence-corrected chi connectivity index (χ3v) is 2.93. The van der Waals surface area contributed by atoms with Crippen LogP contribution in [0.15, 0.2) is 71.9 Å². The van der Waals surface area contributed by atoms with Gasteiger partial charge in [-0.05, 0) is 11.1 Å². The van der Waals surface area contributed by atoms with Gasteiger partial charge in [-0.2, -0.15) is 0 Å². The quantitative estimate of drug-likeness (QED) is 0.611. The SMILES string of the molecule is C1=CC(C2=CC(C3C=CC=C3)=C2)C=C1. The Morgan fingerprint density at radius 2 is 0.929 bits per heavy atom. The maximum absolute atomic E-state index is 2.31. The van der Waals surface area contributed by atoms with Gasteiger partial charge in [0.25, 0.3) is 0 Å². The van der Waals surface area contributed by atoms with Crippen LogP contribution >= 0.6 is 0 Å². The van der Waals surface area contributed by atoms with Crippen molar-refractivity contribution in [1.29, 1.82) is 0 Å². The second-order valence-electron chi connectivity index (χ2n) is 3.88. The second kappa shape index (κ2) is 2.98. The number of hydrogen-bond acceptors (Lipinski definition) is 0. The largest absolute Gasteiger partial charge is 0.0732 e. The highest BCUT2D eigenvalue weighted by Crippen LogP contribution is 2.34. The summed E-state index contributed by atoms with van der Waals surface area (Å²) < 4.78 is 0. The van der Waals surface area contributed by atoms with Gasteiger partial charge in [0.05, 0.1) is 0 Å². The Balaban J connectivity index is 1.70. The Bertz CT molecular complexity index is 353. The van der Waals surface area contributed by atoms with Crippen molar-refractivity contribution in [3.63, 3.8) is 0 Å². The van der Waals surface area contributed by atoms with Crippen molar-refractivity contribution in [3.8, 4) is 0 Å². The minimum atomic E-state index is 0.535. The molecule has 68 valence electrons.